The summed E-state index contributed by atoms with van der Waals surface area (Å²) in [5.41, 5.74) is 7.72. The number of carbonyl (C=O) groups is 2. The highest BCUT2D eigenvalue weighted by molar-refractivity contribution is 5.84. The molecule has 1 spiro atoms. The van der Waals surface area contributed by atoms with Crippen LogP contribution in [-0.2, 0) is 25.5 Å². The Balaban J connectivity index is 1.73. The van der Waals surface area contributed by atoms with Crippen molar-refractivity contribution in [1.29, 1.82) is 0 Å². The number of ether oxygens (including phenoxy) is 3. The van der Waals surface area contributed by atoms with E-state index in [2.05, 4.69) is 27.7 Å². The van der Waals surface area contributed by atoms with E-state index in [0.717, 1.165) is 35.8 Å². The molecular formula is C33H53NO6. The van der Waals surface area contributed by atoms with E-state index in [9.17, 15) is 14.7 Å². The first-order chi connectivity index (χ1) is 18.7. The third-order valence-corrected chi connectivity index (χ3v) is 9.34. The van der Waals surface area contributed by atoms with Crippen LogP contribution >= 0.6 is 0 Å². The highest BCUT2D eigenvalue weighted by Gasteiger charge is 2.62. The predicted octanol–water partition coefficient (Wildman–Crippen LogP) is 6.96. The number of fused-ring (bicyclic) bond motifs is 1. The molecular weight excluding hydrogens is 506 g/mol. The van der Waals surface area contributed by atoms with Crippen molar-refractivity contribution in [2.45, 2.75) is 143 Å². The van der Waals surface area contributed by atoms with E-state index < -0.39 is 29.4 Å². The highest BCUT2D eigenvalue weighted by Crippen LogP contribution is 2.51. The fourth-order valence-electron chi connectivity index (χ4n) is 6.29. The molecule has 0 bridgehead atoms. The molecule has 0 aliphatic carbocycles. The number of aromatic hydroxyl groups is 1. The highest BCUT2D eigenvalue weighted by atomic mass is 16.8. The molecule has 2 aliphatic rings. The summed E-state index contributed by atoms with van der Waals surface area (Å²) in [6.07, 6.45) is 9.83. The first kappa shape index (κ1) is 32.2. The van der Waals surface area contributed by atoms with E-state index in [4.69, 9.17) is 19.9 Å². The van der Waals surface area contributed by atoms with Gasteiger partial charge in [0.2, 0.25) is 0 Å². The fraction of sp³-hybridized carbons (Fsp3) is 0.758. The van der Waals surface area contributed by atoms with Gasteiger partial charge in [0.05, 0.1) is 12.8 Å². The summed E-state index contributed by atoms with van der Waals surface area (Å²) in [5, 5.41) is 10.7. The number of hydrogen-bond acceptors (Lipinski definition) is 7. The molecule has 0 amide bonds. The molecule has 2 unspecified atom stereocenters. The van der Waals surface area contributed by atoms with E-state index in [-0.39, 0.29) is 18.6 Å². The van der Waals surface area contributed by atoms with E-state index >= 15 is 0 Å². The van der Waals surface area contributed by atoms with Crippen molar-refractivity contribution in [3.8, 4) is 11.5 Å². The monoisotopic (exact) mass is 559 g/mol. The molecule has 0 radical (unpaired) electrons. The third-order valence-electron chi connectivity index (χ3n) is 9.34. The van der Waals surface area contributed by atoms with E-state index in [1.54, 1.807) is 6.92 Å². The van der Waals surface area contributed by atoms with Crippen molar-refractivity contribution in [3.05, 3.63) is 22.3 Å². The molecule has 3 rings (SSSR count). The number of rotatable bonds is 12. The number of nitrogens with two attached hydrogens (primary N) is 1. The first-order valence-electron chi connectivity index (χ1n) is 15.4. The molecule has 7 heteroatoms. The Labute approximate surface area is 241 Å². The molecule has 0 aromatic heterocycles. The van der Waals surface area contributed by atoms with E-state index in [1.165, 1.54) is 38.5 Å². The van der Waals surface area contributed by atoms with Gasteiger partial charge in [-0.05, 0) is 75.0 Å². The fourth-order valence-corrected chi connectivity index (χ4v) is 6.29. The maximum absolute atomic E-state index is 12.9. The lowest BCUT2D eigenvalue weighted by Gasteiger charge is -2.49. The van der Waals surface area contributed by atoms with Gasteiger partial charge in [-0.3, -0.25) is 9.59 Å². The molecule has 2 heterocycles. The van der Waals surface area contributed by atoms with Crippen molar-refractivity contribution >= 4 is 11.9 Å². The van der Waals surface area contributed by atoms with Gasteiger partial charge in [0.1, 0.15) is 17.5 Å². The molecule has 2 aliphatic heterocycles. The summed E-state index contributed by atoms with van der Waals surface area (Å²) in [7, 11) is 0. The zero-order valence-electron chi connectivity index (χ0n) is 26.2. The second kappa shape index (κ2) is 13.1. The number of hydrogen-bond donors (Lipinski definition) is 2. The summed E-state index contributed by atoms with van der Waals surface area (Å²) in [6.45, 7) is 16.7. The van der Waals surface area contributed by atoms with Crippen molar-refractivity contribution in [3.63, 3.8) is 0 Å². The van der Waals surface area contributed by atoms with E-state index in [0.29, 0.717) is 29.2 Å². The predicted molar refractivity (Wildman–Crippen MR) is 157 cm³/mol. The normalized spacial score (nSPS) is 26.1. The van der Waals surface area contributed by atoms with Gasteiger partial charge in [-0.2, -0.15) is 0 Å². The zero-order chi connectivity index (χ0) is 29.8. The minimum absolute atomic E-state index is 0.105. The number of esters is 2. The molecule has 3 N–H and O–H groups in total. The molecule has 5 atom stereocenters. The molecule has 1 fully saturated rings. The minimum Gasteiger partial charge on any atom is -0.507 e. The van der Waals surface area contributed by atoms with Crippen LogP contribution in [0.5, 0.6) is 11.5 Å². The second-order valence-corrected chi connectivity index (χ2v) is 13.4. The quantitative estimate of drug-likeness (QED) is 0.266. The molecule has 226 valence electrons. The van der Waals surface area contributed by atoms with Crippen LogP contribution in [0.2, 0.25) is 0 Å². The van der Waals surface area contributed by atoms with Crippen LogP contribution in [0, 0.1) is 38.5 Å². The Morgan fingerprint density at radius 2 is 1.43 bits per heavy atom. The summed E-state index contributed by atoms with van der Waals surface area (Å²) in [4.78, 5) is 25.7. The van der Waals surface area contributed by atoms with Crippen molar-refractivity contribution in [2.75, 3.05) is 0 Å². The maximum Gasteiger partial charge on any atom is 0.326 e. The average molecular weight is 560 g/mol. The molecule has 7 nitrogen and oxygen atoms in total. The lowest BCUT2D eigenvalue weighted by Crippen LogP contribution is -2.64. The summed E-state index contributed by atoms with van der Waals surface area (Å²) in [5.74, 6) is 0.0148. The van der Waals surface area contributed by atoms with Crippen LogP contribution in [0.15, 0.2) is 0 Å². The zero-order valence-corrected chi connectivity index (χ0v) is 26.2. The van der Waals surface area contributed by atoms with Crippen LogP contribution in [-0.4, -0.2) is 34.5 Å². The number of benzene rings is 1. The topological polar surface area (TPSA) is 108 Å². The van der Waals surface area contributed by atoms with Gasteiger partial charge < -0.3 is 25.1 Å². The first-order valence-corrected chi connectivity index (χ1v) is 15.4. The Hall–Kier alpha value is -2.28. The van der Waals surface area contributed by atoms with Gasteiger partial charge in [-0.25, -0.2) is 0 Å². The lowest BCUT2D eigenvalue weighted by molar-refractivity contribution is -0.286. The number of phenols is 1. The van der Waals surface area contributed by atoms with Crippen molar-refractivity contribution in [2.24, 2.45) is 23.5 Å². The SMILES string of the molecule is Cc1c(C)c2c(c(C)c1O)CC1(OC(=O)CC(N)C(=O)O1)[C@](C)(CCC[C@H](C)CCC[C@@H](C)CCCC(C)C)O2. The van der Waals surface area contributed by atoms with Gasteiger partial charge in [0.15, 0.2) is 5.60 Å². The Morgan fingerprint density at radius 3 is 2.02 bits per heavy atom. The van der Waals surface area contributed by atoms with E-state index in [1.807, 2.05) is 20.8 Å². The Morgan fingerprint density at radius 1 is 0.850 bits per heavy atom. The van der Waals surface area contributed by atoms with Gasteiger partial charge >= 0.3 is 11.9 Å². The van der Waals surface area contributed by atoms with Gasteiger partial charge in [0.25, 0.3) is 5.79 Å². The molecule has 40 heavy (non-hydrogen) atoms. The molecule has 1 aromatic carbocycles. The molecule has 1 aromatic rings. The largest absolute Gasteiger partial charge is 0.507 e. The lowest BCUT2D eigenvalue weighted by atomic mass is 9.78. The van der Waals surface area contributed by atoms with Crippen LogP contribution in [0.4, 0.5) is 0 Å². The number of phenolic OH excluding ortho intramolecular Hbond substituents is 1. The Bertz CT molecular complexity index is 1070. The summed E-state index contributed by atoms with van der Waals surface area (Å²) in [6, 6.07) is -1.08. The average Bonchev–Trinajstić information content (AvgIpc) is 2.97. The van der Waals surface area contributed by atoms with Crippen molar-refractivity contribution < 1.29 is 28.9 Å². The molecule has 1 saturated heterocycles. The Kier molecular flexibility index (Phi) is 10.6. The third kappa shape index (κ3) is 7.13. The maximum atomic E-state index is 12.9. The second-order valence-electron chi connectivity index (χ2n) is 13.4. The summed E-state index contributed by atoms with van der Waals surface area (Å²) < 4.78 is 18.6. The van der Waals surface area contributed by atoms with Gasteiger partial charge in [-0.15, -0.1) is 0 Å². The van der Waals surface area contributed by atoms with Crippen molar-refractivity contribution in [1.82, 2.24) is 0 Å². The number of carbonyl (C=O) groups excluding carboxylic acids is 2. The summed E-state index contributed by atoms with van der Waals surface area (Å²) >= 11 is 0. The molecule has 0 saturated carbocycles. The van der Waals surface area contributed by atoms with Crippen LogP contribution in [0.1, 0.15) is 121 Å². The standard InChI is InChI=1S/C33H53NO6/c1-20(2)12-9-13-21(3)14-10-15-22(4)16-11-17-32(8)33(38-28(35)18-27(34)31(37)40-33)19-26-25(7)29(36)23(5)24(6)30(26)39-32/h20-22,27,36H,9-19,34H2,1-8H3/t21-,22+,27?,32-,33?/m0/s1. The smallest absolute Gasteiger partial charge is 0.326 e. The van der Waals surface area contributed by atoms with Gasteiger partial charge in [-0.1, -0.05) is 72.6 Å². The van der Waals surface area contributed by atoms with Crippen LogP contribution in [0.3, 0.4) is 0 Å². The van der Waals surface area contributed by atoms with Crippen LogP contribution < -0.4 is 10.5 Å². The van der Waals surface area contributed by atoms with Gasteiger partial charge in [0, 0.05) is 5.56 Å². The minimum atomic E-state index is -1.66. The van der Waals surface area contributed by atoms with Crippen LogP contribution in [0.25, 0.3) is 0 Å².